The Morgan fingerprint density at radius 3 is 2.31 bits per heavy atom. The van der Waals surface area contributed by atoms with Crippen LogP contribution in [0.5, 0.6) is 0 Å². The van der Waals surface area contributed by atoms with Gasteiger partial charge >= 0.3 is 24.2 Å². The summed E-state index contributed by atoms with van der Waals surface area (Å²) in [6, 6.07) is 4.73. The molecule has 0 aliphatic heterocycles. The largest absolute Gasteiger partial charge is 0.759 e. The van der Waals surface area contributed by atoms with Crippen molar-refractivity contribution in [3.05, 3.63) is 42.2 Å². The van der Waals surface area contributed by atoms with E-state index in [-0.39, 0.29) is 69.8 Å². The summed E-state index contributed by atoms with van der Waals surface area (Å²) in [6.45, 7) is -1.75. The number of alkyl halides is 8. The Morgan fingerprint density at radius 1 is 1.11 bits per heavy atom. The second kappa shape index (κ2) is 10.5. The average Bonchev–Trinajstić information content (AvgIpc) is 3.12. The fourth-order valence-electron chi connectivity index (χ4n) is 2.86. The number of hydrogen-bond donors (Lipinski definition) is 1. The molecule has 3 aromatic rings. The summed E-state index contributed by atoms with van der Waals surface area (Å²) in [5.41, 5.74) is 5.61. The summed E-state index contributed by atoms with van der Waals surface area (Å²) in [7, 11) is 0.914. The van der Waals surface area contributed by atoms with Crippen molar-refractivity contribution in [3.63, 3.8) is 0 Å². The summed E-state index contributed by atoms with van der Waals surface area (Å²) >= 11 is 5.16. The van der Waals surface area contributed by atoms with E-state index in [1.165, 1.54) is 18.2 Å². The van der Waals surface area contributed by atoms with Crippen LogP contribution in [-0.2, 0) is 24.0 Å². The van der Waals surface area contributed by atoms with E-state index in [2.05, 4.69) is 15.1 Å². The number of anilines is 2. The van der Waals surface area contributed by atoms with E-state index < -0.39 is 30.7 Å². The zero-order chi connectivity index (χ0) is 26.3. The van der Waals surface area contributed by atoms with Gasteiger partial charge in [-0.25, -0.2) is 4.98 Å². The predicted octanol–water partition coefficient (Wildman–Crippen LogP) is 4.36. The number of aromatic nitrogens is 3. The number of amides is 1. The molecular formula is C19H13F8N6OSU-. The smallest absolute Gasteiger partial charge is 0.471 e. The van der Waals surface area contributed by atoms with E-state index in [1.54, 1.807) is 0 Å². The Hall–Kier alpha value is -2.51. The van der Waals surface area contributed by atoms with Gasteiger partial charge < -0.3 is 23.3 Å². The van der Waals surface area contributed by atoms with Crippen LogP contribution in [-0.4, -0.2) is 51.0 Å². The third-order valence-corrected chi connectivity index (χ3v) is 5.00. The number of benzene rings is 1. The molecule has 1 amide bonds. The zero-order valence-electron chi connectivity index (χ0n) is 17.8. The molecule has 36 heavy (non-hydrogen) atoms. The standard InChI is InChI=1S/C19H14F8N6OS.U/c1-32(16(34)18(22,23)24)10-2-3-11(12(28)5-10)15(35)31-14-4-9-6-30-33(13(9)7-29-14)8-17(20,21)19(25,26)27;/h2-7H,8,28H2,1H3,(H,29,31,35);/p-1. The van der Waals surface area contributed by atoms with Crippen molar-refractivity contribution < 1.29 is 71.0 Å². The van der Waals surface area contributed by atoms with Gasteiger partial charge in [0.1, 0.15) is 6.54 Å². The molecule has 0 radical (unpaired) electrons. The number of carbonyl (C=O) groups is 1. The van der Waals surface area contributed by atoms with E-state index in [0.717, 1.165) is 25.5 Å². The maximum absolute atomic E-state index is 13.3. The first kappa shape index (κ1) is 29.7. The van der Waals surface area contributed by atoms with Crippen LogP contribution < -0.4 is 10.6 Å². The van der Waals surface area contributed by atoms with Crippen molar-refractivity contribution >= 4 is 51.7 Å². The molecule has 0 saturated carbocycles. The Balaban J connectivity index is 0.00000456. The van der Waals surface area contributed by atoms with E-state index in [4.69, 9.17) is 18.4 Å². The van der Waals surface area contributed by atoms with Crippen molar-refractivity contribution in [1.29, 1.82) is 0 Å². The molecule has 0 unspecified atom stereocenters. The first-order valence-electron chi connectivity index (χ1n) is 9.28. The monoisotopic (exact) mass is 763 g/mol. The van der Waals surface area contributed by atoms with E-state index in [1.807, 2.05) is 0 Å². The second-order valence-corrected chi connectivity index (χ2v) is 7.54. The van der Waals surface area contributed by atoms with Gasteiger partial charge in [0.25, 0.3) is 0 Å². The molecule has 17 heteroatoms. The minimum Gasteiger partial charge on any atom is -0.759 e. The molecule has 0 aliphatic rings. The van der Waals surface area contributed by atoms with Crippen molar-refractivity contribution in [2.24, 2.45) is 4.99 Å². The van der Waals surface area contributed by atoms with Crippen molar-refractivity contribution in [3.8, 4) is 0 Å². The summed E-state index contributed by atoms with van der Waals surface area (Å²) < 4.78 is 102. The van der Waals surface area contributed by atoms with E-state index in [0.29, 0.717) is 9.58 Å². The number of halogens is 8. The molecule has 2 aromatic heterocycles. The van der Waals surface area contributed by atoms with E-state index >= 15 is 0 Å². The van der Waals surface area contributed by atoms with Crippen molar-refractivity contribution in [2.75, 3.05) is 17.7 Å². The van der Waals surface area contributed by atoms with Crippen LogP contribution in [0.15, 0.2) is 41.7 Å². The second-order valence-electron chi connectivity index (χ2n) is 7.16. The fourth-order valence-corrected chi connectivity index (χ4v) is 3.13. The molecule has 2 N–H and O–H groups in total. The van der Waals surface area contributed by atoms with Gasteiger partial charge in [-0.3, -0.25) is 14.5 Å². The Kier molecular flexibility index (Phi) is 8.64. The molecule has 0 bridgehead atoms. The molecule has 0 fully saturated rings. The van der Waals surface area contributed by atoms with Gasteiger partial charge in [-0.05, 0) is 23.8 Å². The molecule has 0 aliphatic carbocycles. The third kappa shape index (κ3) is 6.24. The first-order valence-corrected chi connectivity index (χ1v) is 9.68. The number of carbonyl (C=O) groups excluding carboxylic acids is 1. The average molecular weight is 763 g/mol. The van der Waals surface area contributed by atoms with Gasteiger partial charge in [0.05, 0.1) is 17.9 Å². The molecule has 0 spiro atoms. The maximum Gasteiger partial charge on any atom is 0.471 e. The zero-order valence-corrected chi connectivity index (χ0v) is 22.8. The quantitative estimate of drug-likeness (QED) is 0.137. The number of pyridine rings is 1. The summed E-state index contributed by atoms with van der Waals surface area (Å²) in [4.78, 5) is 19.6. The van der Waals surface area contributed by atoms with Gasteiger partial charge in [0.2, 0.25) is 0 Å². The normalized spacial score (nSPS) is 13.0. The number of fused-ring (bicyclic) bond motifs is 1. The van der Waals surface area contributed by atoms with E-state index in [9.17, 15) is 39.9 Å². The molecule has 0 atom stereocenters. The molecular weight excluding hydrogens is 750 g/mol. The number of nitrogens with two attached hydrogens (primary N) is 1. The maximum atomic E-state index is 13.3. The summed E-state index contributed by atoms with van der Waals surface area (Å²) in [5, 5.41) is 3.53. The Morgan fingerprint density at radius 2 is 1.75 bits per heavy atom. The van der Waals surface area contributed by atoms with Gasteiger partial charge in [-0.15, -0.1) is 0 Å². The van der Waals surface area contributed by atoms with Crippen molar-refractivity contribution in [2.45, 2.75) is 24.8 Å². The molecule has 192 valence electrons. The van der Waals surface area contributed by atoms with Crippen LogP contribution in [0.25, 0.3) is 10.9 Å². The molecule has 2 heterocycles. The fraction of sp³-hybridized carbons (Fsp3) is 0.263. The molecule has 3 rings (SSSR count). The van der Waals surface area contributed by atoms with Gasteiger partial charge in [-0.1, -0.05) is 11.1 Å². The van der Waals surface area contributed by atoms with Gasteiger partial charge in [0.15, 0.2) is 5.82 Å². The molecule has 1 aromatic carbocycles. The van der Waals surface area contributed by atoms with Crippen LogP contribution in [0, 0.1) is 31.1 Å². The minimum absolute atomic E-state index is 0. The number of hydrogen-bond acceptors (Lipinski definition) is 6. The predicted molar refractivity (Wildman–Crippen MR) is 112 cm³/mol. The minimum atomic E-state index is -5.76. The summed E-state index contributed by atoms with van der Waals surface area (Å²) in [5.74, 6) is -7.18. The molecule has 7 nitrogen and oxygen atoms in total. The topological polar surface area (TPSA) is 89.4 Å². The van der Waals surface area contributed by atoms with Crippen LogP contribution >= 0.6 is 0 Å². The number of aliphatic imine (C=N–C) groups is 1. The van der Waals surface area contributed by atoms with Crippen LogP contribution in [0.1, 0.15) is 5.56 Å². The number of nitrogen functional groups attached to an aromatic ring is 1. The van der Waals surface area contributed by atoms with Crippen LogP contribution in [0.4, 0.5) is 52.3 Å². The summed E-state index contributed by atoms with van der Waals surface area (Å²) in [6.07, 6.45) is -8.82. The number of nitrogens with zero attached hydrogens (tertiary/aromatic N) is 5. The third-order valence-electron chi connectivity index (χ3n) is 4.69. The molecule has 0 saturated heterocycles. The number of rotatable bonds is 5. The first-order chi connectivity index (χ1) is 16.0. The SMILES string of the molecule is CN(C(=O)C(F)(F)F)c1ccc(C([S-])=Nc2cc3cnn(CC(F)(F)C(F)(F)F)c3cn2)c(N)c1.[U]. The van der Waals surface area contributed by atoms with Crippen molar-refractivity contribution in [1.82, 2.24) is 14.8 Å². The van der Waals surface area contributed by atoms with Gasteiger partial charge in [0, 0.05) is 54.9 Å². The Labute approximate surface area is 226 Å². The Bertz CT molecular complexity index is 1310. The van der Waals surface area contributed by atoms with Crippen LogP contribution in [0.2, 0.25) is 0 Å². The van der Waals surface area contributed by atoms with Crippen LogP contribution in [0.3, 0.4) is 0 Å². The van der Waals surface area contributed by atoms with Gasteiger partial charge in [-0.2, -0.15) is 40.2 Å².